The molecule has 6 nitrogen and oxygen atoms in total. The minimum absolute atomic E-state index is 0.0371. The molecule has 0 fully saturated rings. The van der Waals surface area contributed by atoms with Crippen LogP contribution in [0.2, 0.25) is 0 Å². The van der Waals surface area contributed by atoms with Crippen molar-refractivity contribution in [1.82, 2.24) is 9.62 Å². The number of benzene rings is 1. The fourth-order valence-electron chi connectivity index (χ4n) is 1.88. The summed E-state index contributed by atoms with van der Waals surface area (Å²) in [4.78, 5) is 11.8. The normalized spacial score (nSPS) is 11.7. The van der Waals surface area contributed by atoms with Gasteiger partial charge in [-0.15, -0.1) is 0 Å². The van der Waals surface area contributed by atoms with Crippen molar-refractivity contribution in [3.05, 3.63) is 30.1 Å². The topological polar surface area (TPSA) is 75.7 Å². The van der Waals surface area contributed by atoms with E-state index < -0.39 is 15.8 Å². The number of hydrogen-bond donors (Lipinski definition) is 1. The number of likely N-dealkylation sites (N-methyl/N-ethyl adjacent to an activating group) is 1. The number of carbonyl (C=O) groups excluding carboxylic acids is 1. The van der Waals surface area contributed by atoms with Crippen molar-refractivity contribution in [2.45, 2.75) is 25.2 Å². The minimum atomic E-state index is -3.82. The SMILES string of the molecule is CCOCCCNC(=O)CN(CC)S(=O)(=O)c1ccc(F)cc1. The van der Waals surface area contributed by atoms with Crippen LogP contribution in [0.25, 0.3) is 0 Å². The summed E-state index contributed by atoms with van der Waals surface area (Å²) in [5.41, 5.74) is 0. The van der Waals surface area contributed by atoms with E-state index in [2.05, 4.69) is 5.32 Å². The Bertz CT molecular complexity index is 590. The quantitative estimate of drug-likeness (QED) is 0.650. The second-order valence-corrected chi connectivity index (χ2v) is 6.72. The molecule has 0 bridgehead atoms. The highest BCUT2D eigenvalue weighted by Crippen LogP contribution is 2.15. The molecule has 0 heterocycles. The molecule has 0 spiro atoms. The zero-order valence-electron chi connectivity index (χ0n) is 13.4. The van der Waals surface area contributed by atoms with Crippen LogP contribution < -0.4 is 5.32 Å². The third-order valence-electron chi connectivity index (χ3n) is 3.12. The van der Waals surface area contributed by atoms with E-state index in [-0.39, 0.29) is 23.9 Å². The van der Waals surface area contributed by atoms with E-state index >= 15 is 0 Å². The van der Waals surface area contributed by atoms with Crippen LogP contribution in [0, 0.1) is 5.82 Å². The largest absolute Gasteiger partial charge is 0.382 e. The molecule has 1 N–H and O–H groups in total. The highest BCUT2D eigenvalue weighted by Gasteiger charge is 2.25. The number of nitrogens with zero attached hydrogens (tertiary/aromatic N) is 1. The van der Waals surface area contributed by atoms with Gasteiger partial charge < -0.3 is 10.1 Å². The molecular formula is C15H23FN2O4S. The molecule has 0 aliphatic heterocycles. The predicted molar refractivity (Wildman–Crippen MR) is 85.0 cm³/mol. The molecule has 23 heavy (non-hydrogen) atoms. The van der Waals surface area contributed by atoms with Gasteiger partial charge in [0.15, 0.2) is 0 Å². The van der Waals surface area contributed by atoms with Gasteiger partial charge in [-0.25, -0.2) is 12.8 Å². The number of sulfonamides is 1. The molecule has 1 amide bonds. The molecule has 0 radical (unpaired) electrons. The summed E-state index contributed by atoms with van der Waals surface area (Å²) < 4.78 is 44.0. The first-order chi connectivity index (χ1) is 10.9. The summed E-state index contributed by atoms with van der Waals surface area (Å²) in [7, 11) is -3.82. The van der Waals surface area contributed by atoms with Crippen LogP contribution in [0.3, 0.4) is 0 Å². The maximum absolute atomic E-state index is 12.9. The van der Waals surface area contributed by atoms with Gasteiger partial charge in [-0.3, -0.25) is 4.79 Å². The number of nitrogens with one attached hydrogen (secondary N) is 1. The zero-order chi connectivity index (χ0) is 17.3. The summed E-state index contributed by atoms with van der Waals surface area (Å²) in [6, 6.07) is 4.53. The average molecular weight is 346 g/mol. The van der Waals surface area contributed by atoms with Crippen molar-refractivity contribution < 1.29 is 22.3 Å². The summed E-state index contributed by atoms with van der Waals surface area (Å²) in [5.74, 6) is -0.895. The second-order valence-electron chi connectivity index (χ2n) is 4.79. The fraction of sp³-hybridized carbons (Fsp3) is 0.533. The molecule has 1 aromatic rings. The summed E-state index contributed by atoms with van der Waals surface area (Å²) in [5, 5.41) is 2.65. The Labute approximate surface area is 136 Å². The van der Waals surface area contributed by atoms with E-state index in [0.717, 1.165) is 16.4 Å². The molecule has 1 rings (SSSR count). The Hall–Kier alpha value is -1.51. The lowest BCUT2D eigenvalue weighted by Crippen LogP contribution is -2.41. The van der Waals surface area contributed by atoms with Crippen molar-refractivity contribution in [2.75, 3.05) is 32.8 Å². The Kier molecular flexibility index (Phi) is 8.15. The first-order valence-electron chi connectivity index (χ1n) is 7.52. The molecule has 0 aliphatic carbocycles. The number of carbonyl (C=O) groups is 1. The number of amides is 1. The van der Waals surface area contributed by atoms with Crippen LogP contribution in [0.1, 0.15) is 20.3 Å². The van der Waals surface area contributed by atoms with Gasteiger partial charge >= 0.3 is 0 Å². The van der Waals surface area contributed by atoms with Gasteiger partial charge in [0, 0.05) is 26.3 Å². The fourth-order valence-corrected chi connectivity index (χ4v) is 3.29. The van der Waals surface area contributed by atoms with Crippen LogP contribution in [0.4, 0.5) is 4.39 Å². The van der Waals surface area contributed by atoms with E-state index in [1.807, 2.05) is 6.92 Å². The number of halogens is 1. The Morgan fingerprint density at radius 3 is 2.48 bits per heavy atom. The molecule has 0 aromatic heterocycles. The molecule has 0 atom stereocenters. The molecule has 130 valence electrons. The van der Waals surface area contributed by atoms with Gasteiger partial charge in [0.25, 0.3) is 0 Å². The third-order valence-corrected chi connectivity index (χ3v) is 5.05. The third kappa shape index (κ3) is 6.25. The van der Waals surface area contributed by atoms with Gasteiger partial charge in [-0.1, -0.05) is 6.92 Å². The molecule has 8 heteroatoms. The van der Waals surface area contributed by atoms with Crippen molar-refractivity contribution in [3.63, 3.8) is 0 Å². The van der Waals surface area contributed by atoms with Crippen LogP contribution in [0.15, 0.2) is 29.2 Å². The van der Waals surface area contributed by atoms with Crippen LogP contribution in [-0.2, 0) is 19.6 Å². The maximum Gasteiger partial charge on any atom is 0.243 e. The van der Waals surface area contributed by atoms with Crippen LogP contribution in [0.5, 0.6) is 0 Å². The van der Waals surface area contributed by atoms with Gasteiger partial charge in [0.2, 0.25) is 15.9 Å². The van der Waals surface area contributed by atoms with E-state index in [1.54, 1.807) is 6.92 Å². The van der Waals surface area contributed by atoms with E-state index in [4.69, 9.17) is 4.74 Å². The lowest BCUT2D eigenvalue weighted by atomic mass is 10.4. The van der Waals surface area contributed by atoms with Crippen molar-refractivity contribution in [3.8, 4) is 0 Å². The Balaban J connectivity index is 2.61. The number of hydrogen-bond acceptors (Lipinski definition) is 4. The van der Waals surface area contributed by atoms with Crippen LogP contribution in [-0.4, -0.2) is 51.5 Å². The summed E-state index contributed by atoms with van der Waals surface area (Å²) >= 11 is 0. The molecule has 0 saturated heterocycles. The van der Waals surface area contributed by atoms with Gasteiger partial charge in [-0.05, 0) is 37.6 Å². The van der Waals surface area contributed by atoms with Gasteiger partial charge in [0.1, 0.15) is 5.82 Å². The molecular weight excluding hydrogens is 323 g/mol. The van der Waals surface area contributed by atoms with E-state index in [0.29, 0.717) is 26.2 Å². The van der Waals surface area contributed by atoms with Crippen LogP contribution >= 0.6 is 0 Å². The predicted octanol–water partition coefficient (Wildman–Crippen LogP) is 1.38. The highest BCUT2D eigenvalue weighted by molar-refractivity contribution is 7.89. The van der Waals surface area contributed by atoms with E-state index in [9.17, 15) is 17.6 Å². The van der Waals surface area contributed by atoms with E-state index in [1.165, 1.54) is 12.1 Å². The Morgan fingerprint density at radius 2 is 1.91 bits per heavy atom. The summed E-state index contributed by atoms with van der Waals surface area (Å²) in [6.07, 6.45) is 0.663. The lowest BCUT2D eigenvalue weighted by Gasteiger charge is -2.20. The maximum atomic E-state index is 12.9. The zero-order valence-corrected chi connectivity index (χ0v) is 14.2. The first kappa shape index (κ1) is 19.5. The van der Waals surface area contributed by atoms with Crippen molar-refractivity contribution in [1.29, 1.82) is 0 Å². The first-order valence-corrected chi connectivity index (χ1v) is 8.96. The molecule has 0 aliphatic rings. The van der Waals surface area contributed by atoms with Crippen molar-refractivity contribution >= 4 is 15.9 Å². The molecule has 0 unspecified atom stereocenters. The molecule has 1 aromatic carbocycles. The molecule has 0 saturated carbocycles. The van der Waals surface area contributed by atoms with Gasteiger partial charge in [-0.2, -0.15) is 4.31 Å². The number of rotatable bonds is 10. The lowest BCUT2D eigenvalue weighted by molar-refractivity contribution is -0.121. The smallest absolute Gasteiger partial charge is 0.243 e. The monoisotopic (exact) mass is 346 g/mol. The number of ether oxygens (including phenoxy) is 1. The second kappa shape index (κ2) is 9.59. The highest BCUT2D eigenvalue weighted by atomic mass is 32.2. The summed E-state index contributed by atoms with van der Waals surface area (Å²) in [6.45, 7) is 4.99. The standard InChI is InChI=1S/C15H23FN2O4S/c1-3-18(12-15(19)17-10-5-11-22-4-2)23(20,21)14-8-6-13(16)7-9-14/h6-9H,3-5,10-12H2,1-2H3,(H,17,19). The Morgan fingerprint density at radius 1 is 1.26 bits per heavy atom. The van der Waals surface area contributed by atoms with Gasteiger partial charge in [0.05, 0.1) is 11.4 Å². The minimum Gasteiger partial charge on any atom is -0.382 e. The van der Waals surface area contributed by atoms with Crippen molar-refractivity contribution in [2.24, 2.45) is 0 Å². The average Bonchev–Trinajstić information content (AvgIpc) is 2.52.